The maximum Gasteiger partial charge on any atom is 0.257 e. The summed E-state index contributed by atoms with van der Waals surface area (Å²) in [6.45, 7) is 8.67. The van der Waals surface area contributed by atoms with Gasteiger partial charge in [-0.3, -0.25) is 20.0 Å². The van der Waals surface area contributed by atoms with Gasteiger partial charge in [-0.15, -0.1) is 0 Å². The summed E-state index contributed by atoms with van der Waals surface area (Å²) in [5.41, 5.74) is 3.52. The number of benzene rings is 2. The number of anilines is 1. The van der Waals surface area contributed by atoms with Crippen molar-refractivity contribution in [1.82, 2.24) is 10.2 Å². The maximum absolute atomic E-state index is 12.8. The summed E-state index contributed by atoms with van der Waals surface area (Å²) in [6, 6.07) is 13.3. The lowest BCUT2D eigenvalue weighted by atomic mass is 10.1. The summed E-state index contributed by atoms with van der Waals surface area (Å²) >= 11 is 0. The van der Waals surface area contributed by atoms with Gasteiger partial charge in [-0.2, -0.15) is 0 Å². The predicted molar refractivity (Wildman–Crippen MR) is 120 cm³/mol. The Morgan fingerprint density at radius 2 is 1.80 bits per heavy atom. The SMILES string of the molecule is COc1ccc(C)cc1NC(=NCCN1CCOCC1)NC(=O)c1ccc(C)cc1. The normalized spacial score (nSPS) is 15.0. The van der Waals surface area contributed by atoms with Crippen LogP contribution < -0.4 is 15.4 Å². The molecule has 7 heteroatoms. The summed E-state index contributed by atoms with van der Waals surface area (Å²) < 4.78 is 10.8. The molecule has 0 radical (unpaired) electrons. The number of morpholine rings is 1. The van der Waals surface area contributed by atoms with E-state index in [2.05, 4.69) is 20.5 Å². The summed E-state index contributed by atoms with van der Waals surface area (Å²) in [4.78, 5) is 19.7. The molecule has 0 spiro atoms. The van der Waals surface area contributed by atoms with Crippen LogP contribution in [0.4, 0.5) is 5.69 Å². The minimum absolute atomic E-state index is 0.209. The minimum Gasteiger partial charge on any atom is -0.495 e. The van der Waals surface area contributed by atoms with Gasteiger partial charge in [0.25, 0.3) is 5.91 Å². The number of methoxy groups -OCH3 is 1. The molecule has 2 N–H and O–H groups in total. The molecular formula is C23H30N4O3. The molecule has 1 heterocycles. The first-order chi connectivity index (χ1) is 14.5. The Labute approximate surface area is 178 Å². The number of hydrogen-bond acceptors (Lipinski definition) is 5. The van der Waals surface area contributed by atoms with Gasteiger partial charge in [0.05, 0.1) is 32.6 Å². The molecule has 3 rings (SSSR count). The molecule has 0 aliphatic carbocycles. The highest BCUT2D eigenvalue weighted by atomic mass is 16.5. The number of guanidine groups is 1. The number of ether oxygens (including phenoxy) is 2. The molecule has 7 nitrogen and oxygen atoms in total. The molecule has 1 amide bonds. The lowest BCUT2D eigenvalue weighted by molar-refractivity contribution is 0.0394. The van der Waals surface area contributed by atoms with Crippen molar-refractivity contribution in [3.63, 3.8) is 0 Å². The summed E-state index contributed by atoms with van der Waals surface area (Å²) in [6.07, 6.45) is 0. The number of hydrogen-bond donors (Lipinski definition) is 2. The zero-order valence-corrected chi connectivity index (χ0v) is 17.9. The fraction of sp³-hybridized carbons (Fsp3) is 0.391. The van der Waals surface area contributed by atoms with Gasteiger partial charge in [0.2, 0.25) is 5.96 Å². The maximum atomic E-state index is 12.8. The van der Waals surface area contributed by atoms with Crippen LogP contribution in [0.1, 0.15) is 21.5 Å². The second-order valence-corrected chi connectivity index (χ2v) is 7.33. The van der Waals surface area contributed by atoms with Gasteiger partial charge >= 0.3 is 0 Å². The Bertz CT molecular complexity index is 875. The predicted octanol–water partition coefficient (Wildman–Crippen LogP) is 2.84. The zero-order chi connectivity index (χ0) is 21.3. The van der Waals surface area contributed by atoms with Crippen molar-refractivity contribution in [1.29, 1.82) is 0 Å². The molecule has 30 heavy (non-hydrogen) atoms. The Hall–Kier alpha value is -2.90. The van der Waals surface area contributed by atoms with E-state index in [0.29, 0.717) is 23.8 Å². The third-order valence-electron chi connectivity index (χ3n) is 4.94. The molecule has 0 unspecified atom stereocenters. The number of aliphatic imine (C=N–C) groups is 1. The lowest BCUT2D eigenvalue weighted by Gasteiger charge is -2.25. The van der Waals surface area contributed by atoms with Crippen LogP contribution in [-0.4, -0.2) is 63.3 Å². The van der Waals surface area contributed by atoms with E-state index in [1.807, 2.05) is 56.3 Å². The fourth-order valence-corrected chi connectivity index (χ4v) is 3.17. The molecule has 160 valence electrons. The number of aryl methyl sites for hydroxylation is 2. The van der Waals surface area contributed by atoms with Gasteiger partial charge in [-0.05, 0) is 43.7 Å². The van der Waals surface area contributed by atoms with Gasteiger partial charge in [-0.1, -0.05) is 23.8 Å². The first-order valence-corrected chi connectivity index (χ1v) is 10.2. The monoisotopic (exact) mass is 410 g/mol. The van der Waals surface area contributed by atoms with E-state index < -0.39 is 0 Å². The molecule has 0 bridgehead atoms. The molecule has 2 aromatic carbocycles. The minimum atomic E-state index is -0.209. The molecule has 1 fully saturated rings. The smallest absolute Gasteiger partial charge is 0.257 e. The Kier molecular flexibility index (Phi) is 7.82. The molecule has 2 aromatic rings. The molecule has 0 saturated carbocycles. The largest absolute Gasteiger partial charge is 0.495 e. The highest BCUT2D eigenvalue weighted by Gasteiger charge is 2.13. The lowest BCUT2D eigenvalue weighted by Crippen LogP contribution is -2.39. The van der Waals surface area contributed by atoms with Crippen LogP contribution >= 0.6 is 0 Å². The first kappa shape index (κ1) is 21.8. The molecule has 1 saturated heterocycles. The summed E-state index contributed by atoms with van der Waals surface area (Å²) in [7, 11) is 1.62. The average molecular weight is 411 g/mol. The van der Waals surface area contributed by atoms with Gasteiger partial charge < -0.3 is 14.8 Å². The van der Waals surface area contributed by atoms with E-state index in [0.717, 1.165) is 49.7 Å². The van der Waals surface area contributed by atoms with Crippen LogP contribution in [0.15, 0.2) is 47.5 Å². The number of rotatable bonds is 6. The van der Waals surface area contributed by atoms with Crippen molar-refractivity contribution >= 4 is 17.6 Å². The van der Waals surface area contributed by atoms with E-state index in [4.69, 9.17) is 9.47 Å². The molecule has 1 aliphatic heterocycles. The third kappa shape index (κ3) is 6.30. The van der Waals surface area contributed by atoms with E-state index >= 15 is 0 Å². The quantitative estimate of drug-likeness (QED) is 0.566. The van der Waals surface area contributed by atoms with Crippen molar-refractivity contribution in [2.24, 2.45) is 4.99 Å². The van der Waals surface area contributed by atoms with Crippen molar-refractivity contribution in [3.8, 4) is 5.75 Å². The van der Waals surface area contributed by atoms with Crippen LogP contribution in [0.5, 0.6) is 5.75 Å². The van der Waals surface area contributed by atoms with Gasteiger partial charge in [-0.25, -0.2) is 0 Å². The van der Waals surface area contributed by atoms with E-state index in [9.17, 15) is 4.79 Å². The molecule has 1 aliphatic rings. The highest BCUT2D eigenvalue weighted by molar-refractivity contribution is 6.10. The Morgan fingerprint density at radius 1 is 1.10 bits per heavy atom. The van der Waals surface area contributed by atoms with Crippen LogP contribution in [0.2, 0.25) is 0 Å². The number of nitrogens with one attached hydrogen (secondary N) is 2. The van der Waals surface area contributed by atoms with Gasteiger partial charge in [0.15, 0.2) is 0 Å². The molecule has 0 aromatic heterocycles. The number of amides is 1. The highest BCUT2D eigenvalue weighted by Crippen LogP contribution is 2.25. The first-order valence-electron chi connectivity index (χ1n) is 10.2. The van der Waals surface area contributed by atoms with Crippen LogP contribution in [0, 0.1) is 13.8 Å². The number of nitrogens with zero attached hydrogens (tertiary/aromatic N) is 2. The Morgan fingerprint density at radius 3 is 2.50 bits per heavy atom. The van der Waals surface area contributed by atoms with Crippen LogP contribution in [-0.2, 0) is 4.74 Å². The van der Waals surface area contributed by atoms with Crippen LogP contribution in [0.25, 0.3) is 0 Å². The third-order valence-corrected chi connectivity index (χ3v) is 4.94. The summed E-state index contributed by atoms with van der Waals surface area (Å²) in [5, 5.41) is 6.15. The standard InChI is InChI=1S/C23H30N4O3/c1-17-4-7-19(8-5-17)22(28)26-23(24-10-11-27-12-14-30-15-13-27)25-20-16-18(2)6-9-21(20)29-3/h4-9,16H,10-15H2,1-3H3,(H2,24,25,26,28). The number of carbonyl (C=O) groups excluding carboxylic acids is 1. The van der Waals surface area contributed by atoms with Crippen molar-refractivity contribution in [3.05, 3.63) is 59.2 Å². The molecular weight excluding hydrogens is 380 g/mol. The van der Waals surface area contributed by atoms with Crippen molar-refractivity contribution < 1.29 is 14.3 Å². The van der Waals surface area contributed by atoms with Crippen molar-refractivity contribution in [2.75, 3.05) is 51.8 Å². The van der Waals surface area contributed by atoms with Crippen molar-refractivity contribution in [2.45, 2.75) is 13.8 Å². The zero-order valence-electron chi connectivity index (χ0n) is 17.9. The second-order valence-electron chi connectivity index (χ2n) is 7.33. The van der Waals surface area contributed by atoms with Gasteiger partial charge in [0.1, 0.15) is 5.75 Å². The topological polar surface area (TPSA) is 75.2 Å². The van der Waals surface area contributed by atoms with E-state index in [1.54, 1.807) is 7.11 Å². The Balaban J connectivity index is 1.74. The van der Waals surface area contributed by atoms with E-state index in [-0.39, 0.29) is 5.91 Å². The number of carbonyl (C=O) groups is 1. The average Bonchev–Trinajstić information content (AvgIpc) is 2.75. The van der Waals surface area contributed by atoms with Crippen LogP contribution in [0.3, 0.4) is 0 Å². The van der Waals surface area contributed by atoms with E-state index in [1.165, 1.54) is 0 Å². The van der Waals surface area contributed by atoms with Gasteiger partial charge in [0, 0.05) is 25.2 Å². The second kappa shape index (κ2) is 10.8. The molecule has 0 atom stereocenters. The fourth-order valence-electron chi connectivity index (χ4n) is 3.17. The summed E-state index contributed by atoms with van der Waals surface area (Å²) in [5.74, 6) is 0.878.